The van der Waals surface area contributed by atoms with Crippen LogP contribution in [0.25, 0.3) is 11.4 Å². The molecule has 0 aliphatic carbocycles. The van der Waals surface area contributed by atoms with Crippen molar-refractivity contribution >= 4 is 5.91 Å². The SMILES string of the molecule is CCCn1nccc1-c1cncc([C@@H]2CCCN2C(C)=O)n1. The minimum Gasteiger partial charge on any atom is -0.334 e. The van der Waals surface area contributed by atoms with E-state index in [1.165, 1.54) is 0 Å². The number of hydrogen-bond acceptors (Lipinski definition) is 4. The lowest BCUT2D eigenvalue weighted by atomic mass is 10.1. The second-order valence-corrected chi connectivity index (χ2v) is 5.64. The Morgan fingerprint density at radius 1 is 1.41 bits per heavy atom. The zero-order valence-corrected chi connectivity index (χ0v) is 13.1. The highest BCUT2D eigenvalue weighted by atomic mass is 16.2. The quantitative estimate of drug-likeness (QED) is 0.870. The second-order valence-electron chi connectivity index (χ2n) is 5.64. The Morgan fingerprint density at radius 2 is 2.27 bits per heavy atom. The average Bonchev–Trinajstić information content (AvgIpc) is 3.16. The van der Waals surface area contributed by atoms with Crippen molar-refractivity contribution in [3.8, 4) is 11.4 Å². The number of rotatable bonds is 4. The summed E-state index contributed by atoms with van der Waals surface area (Å²) < 4.78 is 1.95. The fraction of sp³-hybridized carbons (Fsp3) is 0.500. The summed E-state index contributed by atoms with van der Waals surface area (Å²) in [5.74, 6) is 0.103. The second kappa shape index (κ2) is 6.25. The summed E-state index contributed by atoms with van der Waals surface area (Å²) in [6.07, 6.45) is 8.31. The molecule has 0 unspecified atom stereocenters. The largest absolute Gasteiger partial charge is 0.334 e. The van der Waals surface area contributed by atoms with Crippen molar-refractivity contribution in [3.05, 3.63) is 30.4 Å². The summed E-state index contributed by atoms with van der Waals surface area (Å²) in [6, 6.07) is 2.01. The molecule has 22 heavy (non-hydrogen) atoms. The average molecular weight is 299 g/mol. The molecule has 1 saturated heterocycles. The molecule has 6 nitrogen and oxygen atoms in total. The third-order valence-electron chi connectivity index (χ3n) is 4.07. The summed E-state index contributed by atoms with van der Waals surface area (Å²) in [4.78, 5) is 22.7. The van der Waals surface area contributed by atoms with Crippen molar-refractivity contribution in [1.82, 2.24) is 24.6 Å². The third kappa shape index (κ3) is 2.73. The molecule has 3 rings (SSSR count). The van der Waals surface area contributed by atoms with Crippen LogP contribution in [-0.4, -0.2) is 37.1 Å². The number of likely N-dealkylation sites (tertiary alicyclic amines) is 1. The van der Waals surface area contributed by atoms with Crippen LogP contribution in [0.5, 0.6) is 0 Å². The van der Waals surface area contributed by atoms with Crippen LogP contribution in [0.15, 0.2) is 24.7 Å². The molecular formula is C16H21N5O. The van der Waals surface area contributed by atoms with Gasteiger partial charge in [0.05, 0.1) is 29.8 Å². The molecule has 1 aliphatic rings. The zero-order chi connectivity index (χ0) is 15.5. The van der Waals surface area contributed by atoms with Crippen LogP contribution in [0.2, 0.25) is 0 Å². The van der Waals surface area contributed by atoms with Gasteiger partial charge >= 0.3 is 0 Å². The van der Waals surface area contributed by atoms with Crippen molar-refractivity contribution in [1.29, 1.82) is 0 Å². The van der Waals surface area contributed by atoms with E-state index in [9.17, 15) is 4.79 Å². The third-order valence-corrected chi connectivity index (χ3v) is 4.07. The van der Waals surface area contributed by atoms with Crippen molar-refractivity contribution in [2.75, 3.05) is 6.54 Å². The highest BCUT2D eigenvalue weighted by Crippen LogP contribution is 2.31. The van der Waals surface area contributed by atoms with E-state index >= 15 is 0 Å². The van der Waals surface area contributed by atoms with Crippen LogP contribution in [0.4, 0.5) is 0 Å². The van der Waals surface area contributed by atoms with Gasteiger partial charge in [0.2, 0.25) is 5.91 Å². The van der Waals surface area contributed by atoms with Crippen LogP contribution >= 0.6 is 0 Å². The van der Waals surface area contributed by atoms with E-state index in [4.69, 9.17) is 4.98 Å². The number of carbonyl (C=O) groups is 1. The van der Waals surface area contributed by atoms with Crippen LogP contribution in [0.3, 0.4) is 0 Å². The molecule has 116 valence electrons. The number of nitrogens with zero attached hydrogens (tertiary/aromatic N) is 5. The van der Waals surface area contributed by atoms with E-state index < -0.39 is 0 Å². The van der Waals surface area contributed by atoms with Gasteiger partial charge in [0.25, 0.3) is 0 Å². The standard InChI is InChI=1S/C16H21N5O/c1-3-8-21-16(6-7-18-21)14-11-17-10-13(19-14)15-5-4-9-20(15)12(2)22/h6-7,10-11,15H,3-5,8-9H2,1-2H3/t15-/m0/s1. The lowest BCUT2D eigenvalue weighted by Gasteiger charge is -2.22. The molecular weight excluding hydrogens is 278 g/mol. The summed E-state index contributed by atoms with van der Waals surface area (Å²) in [7, 11) is 0. The van der Waals surface area contributed by atoms with E-state index in [0.29, 0.717) is 0 Å². The molecule has 0 saturated carbocycles. The first-order chi connectivity index (χ1) is 10.7. The molecule has 0 N–H and O–H groups in total. The summed E-state index contributed by atoms with van der Waals surface area (Å²) in [5, 5.41) is 4.34. The van der Waals surface area contributed by atoms with Crippen molar-refractivity contribution < 1.29 is 4.79 Å². The maximum absolute atomic E-state index is 11.7. The van der Waals surface area contributed by atoms with E-state index in [2.05, 4.69) is 17.0 Å². The van der Waals surface area contributed by atoms with Gasteiger partial charge in [0.15, 0.2) is 0 Å². The fourth-order valence-corrected chi connectivity index (χ4v) is 3.06. The van der Waals surface area contributed by atoms with Gasteiger partial charge in [-0.15, -0.1) is 0 Å². The van der Waals surface area contributed by atoms with E-state index in [0.717, 1.165) is 49.4 Å². The van der Waals surface area contributed by atoms with Gasteiger partial charge in [-0.1, -0.05) is 6.92 Å². The van der Waals surface area contributed by atoms with Crippen molar-refractivity contribution in [2.24, 2.45) is 0 Å². The molecule has 0 radical (unpaired) electrons. The van der Waals surface area contributed by atoms with Crippen LogP contribution in [-0.2, 0) is 11.3 Å². The molecule has 0 bridgehead atoms. The van der Waals surface area contributed by atoms with Crippen molar-refractivity contribution in [2.45, 2.75) is 45.7 Å². The van der Waals surface area contributed by atoms with Crippen molar-refractivity contribution in [3.63, 3.8) is 0 Å². The Balaban J connectivity index is 1.92. The molecule has 6 heteroatoms. The van der Waals surface area contributed by atoms with E-state index in [1.807, 2.05) is 15.6 Å². The Kier molecular flexibility index (Phi) is 4.18. The highest BCUT2D eigenvalue weighted by molar-refractivity contribution is 5.74. The zero-order valence-electron chi connectivity index (χ0n) is 13.1. The Morgan fingerprint density at radius 3 is 3.05 bits per heavy atom. The lowest BCUT2D eigenvalue weighted by Crippen LogP contribution is -2.28. The fourth-order valence-electron chi connectivity index (χ4n) is 3.06. The Bertz CT molecular complexity index is 666. The van der Waals surface area contributed by atoms with Gasteiger partial charge in [0.1, 0.15) is 5.69 Å². The minimum absolute atomic E-state index is 0.0486. The molecule has 0 aromatic carbocycles. The van der Waals surface area contributed by atoms with E-state index in [-0.39, 0.29) is 11.9 Å². The first kappa shape index (κ1) is 14.7. The highest BCUT2D eigenvalue weighted by Gasteiger charge is 2.29. The Hall–Kier alpha value is -2.24. The molecule has 1 amide bonds. The summed E-state index contributed by atoms with van der Waals surface area (Å²) in [6.45, 7) is 5.40. The summed E-state index contributed by atoms with van der Waals surface area (Å²) in [5.41, 5.74) is 2.66. The minimum atomic E-state index is 0.0486. The molecule has 1 fully saturated rings. The predicted octanol–water partition coefficient (Wildman–Crippen LogP) is 2.43. The Labute approximate surface area is 130 Å². The smallest absolute Gasteiger partial charge is 0.220 e. The number of aromatic nitrogens is 4. The van der Waals surface area contributed by atoms with Crippen LogP contribution < -0.4 is 0 Å². The molecule has 3 heterocycles. The topological polar surface area (TPSA) is 63.9 Å². The normalized spacial score (nSPS) is 17.9. The maximum atomic E-state index is 11.7. The number of amides is 1. The number of aryl methyl sites for hydroxylation is 1. The first-order valence-electron chi connectivity index (χ1n) is 7.82. The monoisotopic (exact) mass is 299 g/mol. The molecule has 1 aliphatic heterocycles. The van der Waals surface area contributed by atoms with Gasteiger partial charge < -0.3 is 4.90 Å². The maximum Gasteiger partial charge on any atom is 0.220 e. The van der Waals surface area contributed by atoms with Gasteiger partial charge in [0, 0.05) is 26.2 Å². The molecule has 0 spiro atoms. The van der Waals surface area contributed by atoms with Gasteiger partial charge in [-0.3, -0.25) is 14.5 Å². The number of carbonyl (C=O) groups excluding carboxylic acids is 1. The van der Waals surface area contributed by atoms with Gasteiger partial charge in [-0.2, -0.15) is 5.10 Å². The first-order valence-corrected chi connectivity index (χ1v) is 7.82. The molecule has 1 atom stereocenters. The number of hydrogen-bond donors (Lipinski definition) is 0. The van der Waals surface area contributed by atoms with Crippen LogP contribution in [0.1, 0.15) is 44.8 Å². The lowest BCUT2D eigenvalue weighted by molar-refractivity contribution is -0.129. The van der Waals surface area contributed by atoms with Gasteiger partial charge in [-0.05, 0) is 25.3 Å². The van der Waals surface area contributed by atoms with E-state index in [1.54, 1.807) is 25.5 Å². The molecule has 2 aromatic heterocycles. The molecule has 2 aromatic rings. The van der Waals surface area contributed by atoms with Gasteiger partial charge in [-0.25, -0.2) is 4.98 Å². The van der Waals surface area contributed by atoms with Crippen LogP contribution in [0, 0.1) is 0 Å². The predicted molar refractivity (Wildman–Crippen MR) is 82.9 cm³/mol. The summed E-state index contributed by atoms with van der Waals surface area (Å²) >= 11 is 0.